The van der Waals surface area contributed by atoms with Crippen LogP contribution in [0.5, 0.6) is 0 Å². The van der Waals surface area contributed by atoms with E-state index in [0.717, 1.165) is 6.07 Å². The van der Waals surface area contributed by atoms with Crippen molar-refractivity contribution in [1.29, 1.82) is 0 Å². The van der Waals surface area contributed by atoms with Crippen LogP contribution in [0.3, 0.4) is 0 Å². The van der Waals surface area contributed by atoms with E-state index in [-0.39, 0.29) is 22.9 Å². The van der Waals surface area contributed by atoms with Gasteiger partial charge in [0.1, 0.15) is 22.3 Å². The molecule has 0 fully saturated rings. The number of aromatic amines is 1. The van der Waals surface area contributed by atoms with Crippen LogP contribution in [0.15, 0.2) is 39.5 Å². The van der Waals surface area contributed by atoms with E-state index in [2.05, 4.69) is 9.97 Å². The predicted octanol–water partition coefficient (Wildman–Crippen LogP) is 2.73. The third-order valence-corrected chi connectivity index (χ3v) is 2.88. The fraction of sp³-hybridized carbons (Fsp3) is 0. The maximum atomic E-state index is 13.1. The minimum atomic E-state index is -0.651. The van der Waals surface area contributed by atoms with Crippen LogP contribution in [0.4, 0.5) is 10.3 Å². The molecule has 22 heavy (non-hydrogen) atoms. The number of halogens is 1. The van der Waals surface area contributed by atoms with Crippen molar-refractivity contribution in [3.05, 3.63) is 68.2 Å². The standard InChI is InChI=1S/C14H8FN3O4/c15-8-1-4-11-10(7-8)14(19)17-12(16-11)5-2-9-3-6-13(22-9)18(20)21/h1-7H,(H,16,17,19). The smallest absolute Gasteiger partial charge is 0.401 e. The van der Waals surface area contributed by atoms with Crippen molar-refractivity contribution < 1.29 is 13.7 Å². The molecule has 0 atom stereocenters. The molecule has 2 heterocycles. The van der Waals surface area contributed by atoms with Crippen molar-refractivity contribution in [2.24, 2.45) is 0 Å². The molecule has 1 aromatic carbocycles. The summed E-state index contributed by atoms with van der Waals surface area (Å²) in [7, 11) is 0. The number of H-pyrrole nitrogens is 1. The van der Waals surface area contributed by atoms with E-state index in [0.29, 0.717) is 5.52 Å². The van der Waals surface area contributed by atoms with Crippen LogP contribution in [-0.4, -0.2) is 14.9 Å². The predicted molar refractivity (Wildman–Crippen MR) is 76.6 cm³/mol. The Balaban J connectivity index is 1.96. The number of benzene rings is 1. The highest BCUT2D eigenvalue weighted by atomic mass is 19.1. The molecule has 0 saturated heterocycles. The van der Waals surface area contributed by atoms with Gasteiger partial charge < -0.3 is 9.40 Å². The van der Waals surface area contributed by atoms with Gasteiger partial charge in [0.25, 0.3) is 5.56 Å². The summed E-state index contributed by atoms with van der Waals surface area (Å²) in [4.78, 5) is 28.3. The Bertz CT molecular complexity index is 958. The van der Waals surface area contributed by atoms with Crippen LogP contribution in [0.1, 0.15) is 11.6 Å². The Morgan fingerprint density at radius 3 is 2.82 bits per heavy atom. The fourth-order valence-corrected chi connectivity index (χ4v) is 1.90. The molecule has 3 aromatic rings. The molecule has 0 unspecified atom stereocenters. The zero-order chi connectivity index (χ0) is 15.7. The van der Waals surface area contributed by atoms with Gasteiger partial charge in [-0.1, -0.05) is 0 Å². The van der Waals surface area contributed by atoms with E-state index in [1.165, 1.54) is 36.4 Å². The molecule has 0 aliphatic heterocycles. The average Bonchev–Trinajstić information content (AvgIpc) is 2.95. The summed E-state index contributed by atoms with van der Waals surface area (Å²) in [6.07, 6.45) is 2.87. The van der Waals surface area contributed by atoms with E-state index >= 15 is 0 Å². The van der Waals surface area contributed by atoms with E-state index in [1.54, 1.807) is 0 Å². The SMILES string of the molecule is O=c1[nH]c(C=Cc2ccc([N+](=O)[O-])o2)nc2ccc(F)cc12. The number of fused-ring (bicyclic) bond motifs is 1. The first-order chi connectivity index (χ1) is 10.5. The van der Waals surface area contributed by atoms with Gasteiger partial charge in [-0.3, -0.25) is 14.9 Å². The number of rotatable bonds is 3. The van der Waals surface area contributed by atoms with Gasteiger partial charge >= 0.3 is 5.88 Å². The number of hydrogen-bond donors (Lipinski definition) is 1. The summed E-state index contributed by atoms with van der Waals surface area (Å²) in [6.45, 7) is 0. The summed E-state index contributed by atoms with van der Waals surface area (Å²) >= 11 is 0. The molecule has 7 nitrogen and oxygen atoms in total. The molecule has 1 N–H and O–H groups in total. The maximum absolute atomic E-state index is 13.1. The molecule has 0 aliphatic rings. The van der Waals surface area contributed by atoms with Crippen LogP contribution in [0.25, 0.3) is 23.1 Å². The lowest BCUT2D eigenvalue weighted by molar-refractivity contribution is -0.402. The Labute approximate surface area is 121 Å². The zero-order valence-corrected chi connectivity index (χ0v) is 10.9. The number of nitrogens with one attached hydrogen (secondary N) is 1. The van der Waals surface area contributed by atoms with E-state index < -0.39 is 16.3 Å². The molecule has 110 valence electrons. The van der Waals surface area contributed by atoms with Gasteiger partial charge in [0.05, 0.1) is 17.0 Å². The molecular weight excluding hydrogens is 293 g/mol. The van der Waals surface area contributed by atoms with Crippen LogP contribution >= 0.6 is 0 Å². The first-order valence-electron chi connectivity index (χ1n) is 6.15. The number of aromatic nitrogens is 2. The summed E-state index contributed by atoms with van der Waals surface area (Å²) in [5, 5.41) is 10.6. The van der Waals surface area contributed by atoms with Crippen LogP contribution < -0.4 is 5.56 Å². The van der Waals surface area contributed by atoms with Crippen molar-refractivity contribution in [2.75, 3.05) is 0 Å². The molecule has 0 saturated carbocycles. The highest BCUT2D eigenvalue weighted by Gasteiger charge is 2.10. The molecule has 3 rings (SSSR count). The highest BCUT2D eigenvalue weighted by Crippen LogP contribution is 2.17. The molecular formula is C14H8FN3O4. The lowest BCUT2D eigenvalue weighted by Gasteiger charge is -1.98. The van der Waals surface area contributed by atoms with E-state index in [1.807, 2.05) is 0 Å². The largest absolute Gasteiger partial charge is 0.433 e. The number of hydrogen-bond acceptors (Lipinski definition) is 5. The minimum absolute atomic E-state index is 0.144. The van der Waals surface area contributed by atoms with E-state index in [9.17, 15) is 19.3 Å². The van der Waals surface area contributed by atoms with Gasteiger partial charge in [-0.15, -0.1) is 0 Å². The lowest BCUT2D eigenvalue weighted by atomic mass is 10.2. The second-order valence-corrected chi connectivity index (χ2v) is 4.38. The Morgan fingerprint density at radius 1 is 1.27 bits per heavy atom. The molecule has 0 amide bonds. The van der Waals surface area contributed by atoms with E-state index in [4.69, 9.17) is 4.42 Å². The Kier molecular flexibility index (Phi) is 3.26. The lowest BCUT2D eigenvalue weighted by Crippen LogP contribution is -2.09. The van der Waals surface area contributed by atoms with Gasteiger partial charge in [-0.2, -0.15) is 0 Å². The molecule has 0 aliphatic carbocycles. The second kappa shape index (κ2) is 5.24. The molecule has 8 heteroatoms. The van der Waals surface area contributed by atoms with Gasteiger partial charge in [0.2, 0.25) is 0 Å². The molecule has 0 radical (unpaired) electrons. The summed E-state index contributed by atoms with van der Waals surface area (Å²) in [5.41, 5.74) is -0.134. The number of nitro groups is 1. The van der Waals surface area contributed by atoms with Crippen LogP contribution in [0, 0.1) is 15.9 Å². The minimum Gasteiger partial charge on any atom is -0.401 e. The highest BCUT2D eigenvalue weighted by molar-refractivity contribution is 5.78. The number of furan rings is 1. The average molecular weight is 301 g/mol. The van der Waals surface area contributed by atoms with Gasteiger partial charge in [0.15, 0.2) is 0 Å². The van der Waals surface area contributed by atoms with Crippen LogP contribution in [-0.2, 0) is 0 Å². The first-order valence-corrected chi connectivity index (χ1v) is 6.15. The third kappa shape index (κ3) is 2.62. The van der Waals surface area contributed by atoms with Crippen molar-refractivity contribution in [2.45, 2.75) is 0 Å². The maximum Gasteiger partial charge on any atom is 0.433 e. The topological polar surface area (TPSA) is 102 Å². The molecule has 2 aromatic heterocycles. The first kappa shape index (κ1) is 13.7. The van der Waals surface area contributed by atoms with Crippen molar-refractivity contribution in [3.8, 4) is 0 Å². The summed E-state index contributed by atoms with van der Waals surface area (Å²) < 4.78 is 18.0. The fourth-order valence-electron chi connectivity index (χ4n) is 1.90. The summed E-state index contributed by atoms with van der Waals surface area (Å²) in [6, 6.07) is 6.35. The number of nitrogens with zero attached hydrogens (tertiary/aromatic N) is 2. The van der Waals surface area contributed by atoms with Gasteiger partial charge in [-0.25, -0.2) is 9.37 Å². The van der Waals surface area contributed by atoms with Crippen LogP contribution in [0.2, 0.25) is 0 Å². The Morgan fingerprint density at radius 2 is 2.09 bits per heavy atom. The van der Waals surface area contributed by atoms with Crippen molar-refractivity contribution in [3.63, 3.8) is 0 Å². The Hall–Kier alpha value is -3.29. The summed E-state index contributed by atoms with van der Waals surface area (Å²) in [5.74, 6) is -0.433. The second-order valence-electron chi connectivity index (χ2n) is 4.38. The van der Waals surface area contributed by atoms with Crippen molar-refractivity contribution in [1.82, 2.24) is 9.97 Å². The van der Waals surface area contributed by atoms with Gasteiger partial charge in [-0.05, 0) is 36.4 Å². The van der Waals surface area contributed by atoms with Crippen molar-refractivity contribution >= 4 is 28.9 Å². The normalized spacial score (nSPS) is 11.3. The quantitative estimate of drug-likeness (QED) is 0.592. The molecule has 0 spiro atoms. The van der Waals surface area contributed by atoms with Gasteiger partial charge in [0, 0.05) is 0 Å². The zero-order valence-electron chi connectivity index (χ0n) is 10.9. The third-order valence-electron chi connectivity index (χ3n) is 2.88. The molecule has 0 bridgehead atoms. The monoisotopic (exact) mass is 301 g/mol.